The Labute approximate surface area is 501 Å². The Kier molecular flexibility index (Phi) is 64.8. The van der Waals surface area contributed by atoms with Crippen molar-refractivity contribution in [3.8, 4) is 0 Å². The predicted octanol–water partition coefficient (Wildman–Crippen LogP) is 23.6. The lowest BCUT2D eigenvalue weighted by Gasteiger charge is -2.18. The first-order valence-corrected chi connectivity index (χ1v) is 34.0. The van der Waals surface area contributed by atoms with E-state index in [9.17, 15) is 14.4 Å². The molecule has 0 aromatic heterocycles. The summed E-state index contributed by atoms with van der Waals surface area (Å²) in [6.07, 6.45) is 95.1. The molecule has 6 heteroatoms. The molecule has 1 atom stereocenters. The van der Waals surface area contributed by atoms with Crippen molar-refractivity contribution >= 4 is 17.9 Å². The van der Waals surface area contributed by atoms with Crippen LogP contribution in [-0.4, -0.2) is 37.2 Å². The van der Waals surface area contributed by atoms with Crippen molar-refractivity contribution in [2.45, 2.75) is 322 Å². The van der Waals surface area contributed by atoms with Crippen molar-refractivity contribution in [2.75, 3.05) is 13.2 Å². The zero-order chi connectivity index (χ0) is 58.5. The summed E-state index contributed by atoms with van der Waals surface area (Å²) in [4.78, 5) is 38.3. The van der Waals surface area contributed by atoms with Crippen LogP contribution in [0.3, 0.4) is 0 Å². The topological polar surface area (TPSA) is 78.9 Å². The Bertz CT molecular complexity index is 1670. The van der Waals surface area contributed by atoms with Crippen LogP contribution in [0.1, 0.15) is 316 Å². The van der Waals surface area contributed by atoms with Crippen LogP contribution in [0.5, 0.6) is 0 Å². The van der Waals surface area contributed by atoms with Gasteiger partial charge in [0.2, 0.25) is 0 Å². The molecule has 0 fully saturated rings. The maximum Gasteiger partial charge on any atom is 0.306 e. The van der Waals surface area contributed by atoms with E-state index in [4.69, 9.17) is 14.2 Å². The molecule has 0 heterocycles. The molecule has 6 nitrogen and oxygen atoms in total. The van der Waals surface area contributed by atoms with Gasteiger partial charge in [-0.1, -0.05) is 290 Å². The summed E-state index contributed by atoms with van der Waals surface area (Å²) in [7, 11) is 0. The third-order valence-corrected chi connectivity index (χ3v) is 14.4. The molecule has 0 saturated heterocycles. The van der Waals surface area contributed by atoms with Gasteiger partial charge in [0.15, 0.2) is 6.10 Å². The van der Waals surface area contributed by atoms with Crippen LogP contribution in [0.25, 0.3) is 0 Å². The smallest absolute Gasteiger partial charge is 0.306 e. The highest BCUT2D eigenvalue weighted by molar-refractivity contribution is 5.71. The molecule has 0 rings (SSSR count). The number of carbonyl (C=O) groups excluding carboxylic acids is 3. The third kappa shape index (κ3) is 66.5. The van der Waals surface area contributed by atoms with E-state index < -0.39 is 6.10 Å². The molecule has 0 saturated carbocycles. The van der Waals surface area contributed by atoms with Gasteiger partial charge in [0.05, 0.1) is 0 Å². The fourth-order valence-electron chi connectivity index (χ4n) is 9.32. The van der Waals surface area contributed by atoms with E-state index in [1.54, 1.807) is 0 Å². The zero-order valence-electron chi connectivity index (χ0n) is 53.0. The fraction of sp³-hybridized carbons (Fsp3) is 0.693. The molecule has 0 aromatic carbocycles. The second-order valence-electron chi connectivity index (χ2n) is 22.3. The Morgan fingerprint density at radius 3 is 0.827 bits per heavy atom. The van der Waals surface area contributed by atoms with E-state index in [-0.39, 0.29) is 31.1 Å². The van der Waals surface area contributed by atoms with Gasteiger partial charge in [-0.05, 0) is 128 Å². The van der Waals surface area contributed by atoms with Gasteiger partial charge in [-0.25, -0.2) is 0 Å². The highest BCUT2D eigenvalue weighted by atomic mass is 16.6. The molecule has 0 aliphatic rings. The number of carbonyl (C=O) groups is 3. The number of ether oxygens (including phenoxy) is 3. The number of esters is 3. The van der Waals surface area contributed by atoms with Crippen LogP contribution < -0.4 is 0 Å². The van der Waals surface area contributed by atoms with Crippen LogP contribution in [0.4, 0.5) is 0 Å². The highest BCUT2D eigenvalue weighted by Crippen LogP contribution is 2.16. The minimum absolute atomic E-state index is 0.0973. The summed E-state index contributed by atoms with van der Waals surface area (Å²) < 4.78 is 16.9. The largest absolute Gasteiger partial charge is 0.462 e. The summed E-state index contributed by atoms with van der Waals surface area (Å²) >= 11 is 0. The van der Waals surface area contributed by atoms with Crippen molar-refractivity contribution in [1.82, 2.24) is 0 Å². The number of allylic oxidation sites excluding steroid dienone is 20. The van der Waals surface area contributed by atoms with Crippen LogP contribution in [0, 0.1) is 0 Å². The van der Waals surface area contributed by atoms with Gasteiger partial charge in [-0.2, -0.15) is 0 Å². The Hall–Kier alpha value is -4.19. The zero-order valence-corrected chi connectivity index (χ0v) is 53.0. The Morgan fingerprint density at radius 1 is 0.259 bits per heavy atom. The summed E-state index contributed by atoms with van der Waals surface area (Å²) in [5.74, 6) is -0.945. The van der Waals surface area contributed by atoms with Gasteiger partial charge in [0, 0.05) is 19.3 Å². The lowest BCUT2D eigenvalue weighted by molar-refractivity contribution is -0.167. The van der Waals surface area contributed by atoms with Crippen molar-refractivity contribution < 1.29 is 28.6 Å². The van der Waals surface area contributed by atoms with Gasteiger partial charge in [0.1, 0.15) is 13.2 Å². The van der Waals surface area contributed by atoms with Crippen molar-refractivity contribution in [1.29, 1.82) is 0 Å². The van der Waals surface area contributed by atoms with E-state index in [1.807, 2.05) is 0 Å². The second-order valence-corrected chi connectivity index (χ2v) is 22.3. The van der Waals surface area contributed by atoms with Crippen molar-refractivity contribution in [3.63, 3.8) is 0 Å². The minimum atomic E-state index is -0.803. The van der Waals surface area contributed by atoms with Crippen LogP contribution in [0.2, 0.25) is 0 Å². The molecule has 0 N–H and O–H groups in total. The summed E-state index contributed by atoms with van der Waals surface area (Å²) in [6.45, 7) is 6.47. The lowest BCUT2D eigenvalue weighted by Crippen LogP contribution is -2.30. The predicted molar refractivity (Wildman–Crippen MR) is 353 cm³/mol. The highest BCUT2D eigenvalue weighted by Gasteiger charge is 2.19. The van der Waals surface area contributed by atoms with Gasteiger partial charge >= 0.3 is 17.9 Å². The second kappa shape index (κ2) is 68.3. The average Bonchev–Trinajstić information content (AvgIpc) is 3.47. The molecule has 0 aromatic rings. The quantitative estimate of drug-likeness (QED) is 0.0261. The number of unbranched alkanes of at least 4 members (excludes halogenated alkanes) is 30. The molecule has 0 amide bonds. The molecular weight excluding hydrogens is 997 g/mol. The normalized spacial score (nSPS) is 12.9. The first-order valence-electron chi connectivity index (χ1n) is 34.0. The van der Waals surface area contributed by atoms with Gasteiger partial charge in [-0.15, -0.1) is 0 Å². The Balaban J connectivity index is 4.35. The van der Waals surface area contributed by atoms with Gasteiger partial charge < -0.3 is 14.2 Å². The molecular formula is C75H126O6. The molecule has 0 bridgehead atoms. The summed E-state index contributed by atoms with van der Waals surface area (Å²) in [5, 5.41) is 0. The monoisotopic (exact) mass is 1120 g/mol. The van der Waals surface area contributed by atoms with Gasteiger partial charge in [0.25, 0.3) is 0 Å². The van der Waals surface area contributed by atoms with Gasteiger partial charge in [-0.3, -0.25) is 14.4 Å². The third-order valence-electron chi connectivity index (χ3n) is 14.4. The van der Waals surface area contributed by atoms with E-state index in [0.717, 1.165) is 116 Å². The van der Waals surface area contributed by atoms with E-state index >= 15 is 0 Å². The summed E-state index contributed by atoms with van der Waals surface area (Å²) in [5.41, 5.74) is 0. The molecule has 81 heavy (non-hydrogen) atoms. The van der Waals surface area contributed by atoms with Crippen molar-refractivity contribution in [2.24, 2.45) is 0 Å². The summed E-state index contributed by atoms with van der Waals surface area (Å²) in [6, 6.07) is 0. The number of rotatable bonds is 61. The average molecular weight is 1120 g/mol. The molecule has 0 radical (unpaired) electrons. The molecule has 0 spiro atoms. The maximum atomic E-state index is 12.9. The molecule has 1 unspecified atom stereocenters. The maximum absolute atomic E-state index is 12.9. The van der Waals surface area contributed by atoms with Crippen molar-refractivity contribution in [3.05, 3.63) is 122 Å². The number of hydrogen-bond donors (Lipinski definition) is 0. The van der Waals surface area contributed by atoms with E-state index in [1.165, 1.54) is 154 Å². The SMILES string of the molecule is CC/C=C\C/C=C\C/C=C\C/C=C\C/C=C\C/C=C\C/C=C\C/C=C\CCCCC(=O)OCC(COC(=O)CCCCCCC/C=C\CCCC)OC(=O)CCCCCCCCCCCCCCC/C=C\CCCCCCCCCC. The van der Waals surface area contributed by atoms with E-state index in [2.05, 4.69) is 142 Å². The van der Waals surface area contributed by atoms with Crippen LogP contribution >= 0.6 is 0 Å². The van der Waals surface area contributed by atoms with E-state index in [0.29, 0.717) is 25.7 Å². The number of hydrogen-bond acceptors (Lipinski definition) is 6. The van der Waals surface area contributed by atoms with Crippen LogP contribution in [-0.2, 0) is 28.6 Å². The molecule has 462 valence electrons. The Morgan fingerprint density at radius 2 is 0.494 bits per heavy atom. The first-order chi connectivity index (χ1) is 40.0. The standard InChI is InChI=1S/C75H126O6/c1-4-7-10-13-16-19-22-24-26-28-30-32-34-36-37-39-40-42-44-46-48-50-53-56-59-62-65-68-74(77)80-71-72(70-79-73(76)67-64-61-58-55-52-21-18-15-12-9-6-3)81-75(78)69-66-63-60-57-54-51-49-47-45-43-41-38-35-33-31-29-27-25-23-20-17-14-11-8-5-2/h7,10,15-16,18-19,24,26,29-32,36-37,40,42,46,48,53,56,72H,4-6,8-9,11-14,17,20-23,25,27-28,33-35,38-39,41,43-45,47,49-52,54-55,57-71H2,1-3H3/b10-7-,18-15-,19-16-,26-24-,31-29-,32-30-,37-36-,42-40-,48-46-,56-53-. The minimum Gasteiger partial charge on any atom is -0.462 e. The lowest BCUT2D eigenvalue weighted by atomic mass is 10.0. The molecule has 0 aliphatic carbocycles. The molecule has 0 aliphatic heterocycles. The first kappa shape index (κ1) is 76.8. The van der Waals surface area contributed by atoms with Crippen LogP contribution in [0.15, 0.2) is 122 Å². The fourth-order valence-corrected chi connectivity index (χ4v) is 9.32.